The van der Waals surface area contributed by atoms with Crippen LogP contribution in [0.1, 0.15) is 0 Å². The van der Waals surface area contributed by atoms with Crippen LogP contribution in [0.5, 0.6) is 0 Å². The third-order valence-electron chi connectivity index (χ3n) is 0.773. The van der Waals surface area contributed by atoms with Gasteiger partial charge in [-0.3, -0.25) is 5.21 Å². The second-order valence-corrected chi connectivity index (χ2v) is 1.40. The van der Waals surface area contributed by atoms with Gasteiger partial charge in [-0.25, -0.2) is 4.39 Å². The number of hydrogen-bond donors (Lipinski definition) is 1. The van der Waals surface area contributed by atoms with Gasteiger partial charge in [0, 0.05) is 16.9 Å². The lowest BCUT2D eigenvalue weighted by molar-refractivity contribution is -0.905. The third kappa shape index (κ3) is 0.932. The fourth-order valence-electron chi connectivity index (χ4n) is 0.400. The van der Waals surface area contributed by atoms with Crippen molar-refractivity contribution in [2.45, 2.75) is 0 Å². The summed E-state index contributed by atoms with van der Waals surface area (Å²) in [5.74, 6) is -0.352. The Morgan fingerprint density at radius 3 is 2.25 bits per heavy atom. The molecule has 0 amide bonds. The molecule has 1 rings (SSSR count). The van der Waals surface area contributed by atoms with Gasteiger partial charge in [0.15, 0.2) is 0 Å². The molecule has 8 heavy (non-hydrogen) atoms. The summed E-state index contributed by atoms with van der Waals surface area (Å²) in [7, 11) is 0. The predicted octanol–water partition coefficient (Wildman–Crippen LogP) is 0.350. The van der Waals surface area contributed by atoms with Crippen LogP contribution in [0.15, 0.2) is 24.5 Å². The topological polar surface area (TPSA) is 24.1 Å². The molecule has 42 valence electrons. The molecule has 0 aliphatic carbocycles. The van der Waals surface area contributed by atoms with Gasteiger partial charge in [0.1, 0.15) is 5.82 Å². The minimum atomic E-state index is -0.352. The van der Waals surface area contributed by atoms with Crippen LogP contribution in [-0.2, 0) is 0 Å². The van der Waals surface area contributed by atoms with E-state index in [4.69, 9.17) is 5.21 Å². The summed E-state index contributed by atoms with van der Waals surface area (Å²) in [6.45, 7) is 0. The fraction of sp³-hybridized carbons (Fsp3) is 0. The molecular weight excluding hydrogens is 109 g/mol. The van der Waals surface area contributed by atoms with Gasteiger partial charge in [0.05, 0.1) is 0 Å². The Morgan fingerprint density at radius 1 is 1.38 bits per heavy atom. The zero-order valence-electron chi connectivity index (χ0n) is 4.08. The summed E-state index contributed by atoms with van der Waals surface area (Å²) in [6, 6.07) is 2.33. The second-order valence-electron chi connectivity index (χ2n) is 1.40. The van der Waals surface area contributed by atoms with Gasteiger partial charge < -0.3 is 0 Å². The van der Waals surface area contributed by atoms with Crippen molar-refractivity contribution < 1.29 is 14.3 Å². The highest BCUT2D eigenvalue weighted by molar-refractivity contribution is 4.88. The van der Waals surface area contributed by atoms with Crippen molar-refractivity contribution in [2.24, 2.45) is 0 Å². The quantitative estimate of drug-likeness (QED) is 0.382. The molecule has 0 aliphatic heterocycles. The van der Waals surface area contributed by atoms with Crippen molar-refractivity contribution in [3.8, 4) is 0 Å². The zero-order valence-corrected chi connectivity index (χ0v) is 4.08. The van der Waals surface area contributed by atoms with E-state index in [1.54, 1.807) is 0 Å². The fourth-order valence-corrected chi connectivity index (χ4v) is 0.400. The first-order valence-electron chi connectivity index (χ1n) is 2.15. The normalized spacial score (nSPS) is 9.12. The van der Waals surface area contributed by atoms with Crippen molar-refractivity contribution in [3.63, 3.8) is 0 Å². The van der Waals surface area contributed by atoms with E-state index in [0.717, 1.165) is 4.73 Å². The van der Waals surface area contributed by atoms with Crippen LogP contribution in [0.4, 0.5) is 4.39 Å². The Balaban J connectivity index is 3.03. The molecule has 0 unspecified atom stereocenters. The van der Waals surface area contributed by atoms with Gasteiger partial charge in [0.2, 0.25) is 12.4 Å². The minimum absolute atomic E-state index is 0.352. The lowest BCUT2D eigenvalue weighted by Gasteiger charge is -1.79. The number of nitrogens with zero attached hydrogens (tertiary/aromatic N) is 1. The Morgan fingerprint density at radius 2 is 1.88 bits per heavy atom. The molecule has 0 aliphatic rings. The van der Waals surface area contributed by atoms with E-state index in [1.165, 1.54) is 24.5 Å². The number of aromatic nitrogens is 1. The summed E-state index contributed by atoms with van der Waals surface area (Å²) in [5.41, 5.74) is 0. The van der Waals surface area contributed by atoms with Crippen LogP contribution < -0.4 is 4.73 Å². The average molecular weight is 114 g/mol. The third-order valence-corrected chi connectivity index (χ3v) is 0.773. The molecule has 0 saturated carbocycles. The van der Waals surface area contributed by atoms with E-state index in [0.29, 0.717) is 0 Å². The van der Waals surface area contributed by atoms with Crippen molar-refractivity contribution in [3.05, 3.63) is 30.3 Å². The highest BCUT2D eigenvalue weighted by Crippen LogP contribution is 1.87. The molecule has 3 heteroatoms. The first-order chi connectivity index (χ1) is 3.79. The number of halogens is 1. The molecule has 1 heterocycles. The van der Waals surface area contributed by atoms with Crippen molar-refractivity contribution >= 4 is 0 Å². The van der Waals surface area contributed by atoms with E-state index in [-0.39, 0.29) is 5.82 Å². The van der Waals surface area contributed by atoms with E-state index in [1.807, 2.05) is 0 Å². The molecule has 0 spiro atoms. The molecule has 1 aromatic rings. The summed E-state index contributed by atoms with van der Waals surface area (Å²) in [4.78, 5) is 0. The van der Waals surface area contributed by atoms with Crippen LogP contribution in [0.3, 0.4) is 0 Å². The summed E-state index contributed by atoms with van der Waals surface area (Å²) in [6.07, 6.45) is 2.44. The average Bonchev–Trinajstić information content (AvgIpc) is 1.77. The van der Waals surface area contributed by atoms with Gasteiger partial charge in [-0.2, -0.15) is 0 Å². The Bertz CT molecular complexity index is 151. The van der Waals surface area contributed by atoms with Gasteiger partial charge >= 0.3 is 0 Å². The van der Waals surface area contributed by atoms with Crippen LogP contribution >= 0.6 is 0 Å². The number of rotatable bonds is 0. The smallest absolute Gasteiger partial charge is 0.225 e. The number of hydrogen-bond acceptors (Lipinski definition) is 1. The second kappa shape index (κ2) is 1.78. The van der Waals surface area contributed by atoms with Gasteiger partial charge in [-0.05, 0) is 0 Å². The lowest BCUT2D eigenvalue weighted by atomic mass is 10.5. The molecule has 0 fully saturated rings. The minimum Gasteiger partial charge on any atom is -0.285 e. The molecule has 0 saturated heterocycles. The van der Waals surface area contributed by atoms with Gasteiger partial charge in [0.25, 0.3) is 0 Å². The van der Waals surface area contributed by atoms with Gasteiger partial charge in [-0.1, -0.05) is 0 Å². The van der Waals surface area contributed by atoms with Crippen LogP contribution in [0, 0.1) is 5.82 Å². The van der Waals surface area contributed by atoms with Crippen LogP contribution in [-0.4, -0.2) is 5.21 Å². The summed E-state index contributed by atoms with van der Waals surface area (Å²) < 4.78 is 12.7. The maximum Gasteiger partial charge on any atom is 0.225 e. The molecule has 2 nitrogen and oxygen atoms in total. The highest BCUT2D eigenvalue weighted by Gasteiger charge is 1.92. The van der Waals surface area contributed by atoms with E-state index >= 15 is 0 Å². The monoisotopic (exact) mass is 114 g/mol. The molecular formula is C5H5FNO+. The van der Waals surface area contributed by atoms with E-state index < -0.39 is 0 Å². The van der Waals surface area contributed by atoms with Crippen molar-refractivity contribution in [1.82, 2.24) is 0 Å². The molecule has 0 radical (unpaired) electrons. The van der Waals surface area contributed by atoms with Gasteiger partial charge in [-0.15, -0.1) is 0 Å². The first-order valence-corrected chi connectivity index (χ1v) is 2.15. The molecule has 0 bridgehead atoms. The Hall–Kier alpha value is -1.12. The standard InChI is InChI=1S/C5H5FNO/c6-5-1-3-7(8)4-2-5/h1-4,8H/q+1. The summed E-state index contributed by atoms with van der Waals surface area (Å²) in [5, 5.41) is 8.51. The first kappa shape index (κ1) is 5.03. The molecule has 0 atom stereocenters. The molecule has 0 aromatic carbocycles. The zero-order chi connectivity index (χ0) is 5.98. The maximum absolute atomic E-state index is 12.0. The predicted molar refractivity (Wildman–Crippen MR) is 23.8 cm³/mol. The maximum atomic E-state index is 12.0. The molecule has 1 N–H and O–H groups in total. The Kier molecular flexibility index (Phi) is 1.12. The molecule has 1 aromatic heterocycles. The van der Waals surface area contributed by atoms with E-state index in [2.05, 4.69) is 0 Å². The SMILES string of the molecule is O[n+]1ccc(F)cc1. The van der Waals surface area contributed by atoms with E-state index in [9.17, 15) is 4.39 Å². The number of pyridine rings is 1. The van der Waals surface area contributed by atoms with Crippen molar-refractivity contribution in [2.75, 3.05) is 0 Å². The highest BCUT2D eigenvalue weighted by atomic mass is 19.1. The van der Waals surface area contributed by atoms with Crippen LogP contribution in [0.25, 0.3) is 0 Å². The van der Waals surface area contributed by atoms with Crippen molar-refractivity contribution in [1.29, 1.82) is 0 Å². The summed E-state index contributed by atoms with van der Waals surface area (Å²) >= 11 is 0. The lowest BCUT2D eigenvalue weighted by Crippen LogP contribution is -2.27. The largest absolute Gasteiger partial charge is 0.285 e. The Labute approximate surface area is 45.8 Å². The van der Waals surface area contributed by atoms with Crippen LogP contribution in [0.2, 0.25) is 0 Å².